The zero-order chi connectivity index (χ0) is 11.3. The fourth-order valence-corrected chi connectivity index (χ4v) is 0.958. The number of carboxylic acids is 1. The van der Waals surface area contributed by atoms with Crippen molar-refractivity contribution < 1.29 is 14.7 Å². The van der Waals surface area contributed by atoms with Gasteiger partial charge in [0, 0.05) is 17.3 Å². The van der Waals surface area contributed by atoms with Crippen molar-refractivity contribution in [2.45, 2.75) is 6.92 Å². The minimum Gasteiger partial charge on any atom is -0.478 e. The molecule has 0 aliphatic heterocycles. The maximum atomic E-state index is 11.3. The van der Waals surface area contributed by atoms with E-state index in [1.807, 2.05) is 6.07 Å². The van der Waals surface area contributed by atoms with E-state index in [0.717, 1.165) is 6.08 Å². The molecular formula is C11H11NO3. The average molecular weight is 205 g/mol. The quantitative estimate of drug-likeness (QED) is 0.737. The van der Waals surface area contributed by atoms with Gasteiger partial charge < -0.3 is 10.4 Å². The SMILES string of the molecule is C/C(=C/C(=O)Nc1ccccc1)C(=O)O. The first-order valence-corrected chi connectivity index (χ1v) is 4.37. The van der Waals surface area contributed by atoms with Crippen LogP contribution in [-0.2, 0) is 9.59 Å². The third-order valence-corrected chi connectivity index (χ3v) is 1.73. The minimum atomic E-state index is -1.10. The van der Waals surface area contributed by atoms with Gasteiger partial charge in [0.25, 0.3) is 0 Å². The molecule has 1 rings (SSSR count). The summed E-state index contributed by atoms with van der Waals surface area (Å²) in [4.78, 5) is 21.7. The summed E-state index contributed by atoms with van der Waals surface area (Å²) in [5.74, 6) is -1.54. The van der Waals surface area contributed by atoms with E-state index in [1.54, 1.807) is 24.3 Å². The summed E-state index contributed by atoms with van der Waals surface area (Å²) < 4.78 is 0. The molecule has 15 heavy (non-hydrogen) atoms. The van der Waals surface area contributed by atoms with Gasteiger partial charge in [-0.3, -0.25) is 4.79 Å². The van der Waals surface area contributed by atoms with Crippen molar-refractivity contribution in [2.24, 2.45) is 0 Å². The Balaban J connectivity index is 2.65. The van der Waals surface area contributed by atoms with Gasteiger partial charge in [-0.1, -0.05) is 18.2 Å². The molecule has 1 aromatic carbocycles. The van der Waals surface area contributed by atoms with E-state index in [0.29, 0.717) is 5.69 Å². The van der Waals surface area contributed by atoms with Crippen LogP contribution in [0.15, 0.2) is 42.0 Å². The largest absolute Gasteiger partial charge is 0.478 e. The lowest BCUT2D eigenvalue weighted by atomic mass is 10.2. The Morgan fingerprint density at radius 3 is 2.40 bits per heavy atom. The van der Waals surface area contributed by atoms with Gasteiger partial charge in [-0.2, -0.15) is 0 Å². The highest BCUT2D eigenvalue weighted by atomic mass is 16.4. The molecule has 0 heterocycles. The van der Waals surface area contributed by atoms with Gasteiger partial charge in [-0.25, -0.2) is 4.79 Å². The predicted molar refractivity (Wildman–Crippen MR) is 56.5 cm³/mol. The molecule has 2 N–H and O–H groups in total. The van der Waals surface area contributed by atoms with Gasteiger partial charge in [0.2, 0.25) is 5.91 Å². The van der Waals surface area contributed by atoms with Gasteiger partial charge in [-0.05, 0) is 19.1 Å². The Bertz CT molecular complexity index is 396. The van der Waals surface area contributed by atoms with Crippen LogP contribution in [0.25, 0.3) is 0 Å². The monoisotopic (exact) mass is 205 g/mol. The Hall–Kier alpha value is -2.10. The average Bonchev–Trinajstić information content (AvgIpc) is 2.18. The normalized spacial score (nSPS) is 10.9. The van der Waals surface area contributed by atoms with Crippen molar-refractivity contribution >= 4 is 17.6 Å². The van der Waals surface area contributed by atoms with Crippen LogP contribution >= 0.6 is 0 Å². The second-order valence-electron chi connectivity index (χ2n) is 2.99. The number of hydrogen-bond acceptors (Lipinski definition) is 2. The number of anilines is 1. The molecule has 0 aliphatic rings. The molecule has 0 aliphatic carbocycles. The second kappa shape index (κ2) is 4.95. The van der Waals surface area contributed by atoms with Gasteiger partial charge in [0.1, 0.15) is 0 Å². The number of aliphatic carboxylic acids is 1. The van der Waals surface area contributed by atoms with Crippen molar-refractivity contribution in [1.29, 1.82) is 0 Å². The zero-order valence-electron chi connectivity index (χ0n) is 8.23. The maximum Gasteiger partial charge on any atom is 0.331 e. The number of carbonyl (C=O) groups is 2. The number of benzene rings is 1. The third-order valence-electron chi connectivity index (χ3n) is 1.73. The molecule has 0 saturated carbocycles. The van der Waals surface area contributed by atoms with Crippen molar-refractivity contribution in [3.63, 3.8) is 0 Å². The second-order valence-corrected chi connectivity index (χ2v) is 2.99. The van der Waals surface area contributed by atoms with Gasteiger partial charge in [0.15, 0.2) is 0 Å². The number of carboxylic acid groups (broad SMARTS) is 1. The van der Waals surface area contributed by atoms with E-state index in [4.69, 9.17) is 5.11 Å². The highest BCUT2D eigenvalue weighted by Gasteiger charge is 2.03. The summed E-state index contributed by atoms with van der Waals surface area (Å²) in [6.07, 6.45) is 1.05. The zero-order valence-corrected chi connectivity index (χ0v) is 8.23. The number of rotatable bonds is 3. The van der Waals surface area contributed by atoms with Crippen molar-refractivity contribution in [2.75, 3.05) is 5.32 Å². The third kappa shape index (κ3) is 3.64. The number of nitrogens with one attached hydrogen (secondary N) is 1. The lowest BCUT2D eigenvalue weighted by Crippen LogP contribution is -2.10. The van der Waals surface area contributed by atoms with Crippen LogP contribution in [-0.4, -0.2) is 17.0 Å². The fourth-order valence-electron chi connectivity index (χ4n) is 0.958. The lowest BCUT2D eigenvalue weighted by molar-refractivity contribution is -0.132. The van der Waals surface area contributed by atoms with Gasteiger partial charge >= 0.3 is 5.97 Å². The molecule has 0 aromatic heterocycles. The summed E-state index contributed by atoms with van der Waals surface area (Å²) in [5.41, 5.74) is 0.639. The number of carbonyl (C=O) groups excluding carboxylic acids is 1. The van der Waals surface area contributed by atoms with E-state index < -0.39 is 11.9 Å². The molecule has 78 valence electrons. The summed E-state index contributed by atoms with van der Waals surface area (Å²) in [6, 6.07) is 8.84. The van der Waals surface area contributed by atoms with Crippen LogP contribution in [0, 0.1) is 0 Å². The van der Waals surface area contributed by atoms with Gasteiger partial charge in [0.05, 0.1) is 0 Å². The van der Waals surface area contributed by atoms with Crippen molar-refractivity contribution in [3.05, 3.63) is 42.0 Å². The number of hydrogen-bond donors (Lipinski definition) is 2. The van der Waals surface area contributed by atoms with Crippen molar-refractivity contribution in [3.8, 4) is 0 Å². The highest BCUT2D eigenvalue weighted by molar-refractivity contribution is 6.04. The molecule has 0 bridgehead atoms. The highest BCUT2D eigenvalue weighted by Crippen LogP contribution is 2.05. The molecule has 0 unspecified atom stereocenters. The standard InChI is InChI=1S/C11H11NO3/c1-8(11(14)15)7-10(13)12-9-5-3-2-4-6-9/h2-7H,1H3,(H,12,13)(H,14,15)/b8-7-. The Labute approximate surface area is 87.2 Å². The Morgan fingerprint density at radius 1 is 1.27 bits per heavy atom. The van der Waals surface area contributed by atoms with Crippen LogP contribution < -0.4 is 5.32 Å². The van der Waals surface area contributed by atoms with Crippen LogP contribution in [0.4, 0.5) is 5.69 Å². The minimum absolute atomic E-state index is 0.00318. The molecule has 0 radical (unpaired) electrons. The van der Waals surface area contributed by atoms with E-state index in [9.17, 15) is 9.59 Å². The van der Waals surface area contributed by atoms with Crippen LogP contribution in [0.1, 0.15) is 6.92 Å². The molecule has 0 atom stereocenters. The number of amides is 1. The lowest BCUT2D eigenvalue weighted by Gasteiger charge is -2.01. The smallest absolute Gasteiger partial charge is 0.331 e. The van der Waals surface area contributed by atoms with E-state index in [2.05, 4.69) is 5.32 Å². The van der Waals surface area contributed by atoms with Crippen LogP contribution in [0.5, 0.6) is 0 Å². The fraction of sp³-hybridized carbons (Fsp3) is 0.0909. The molecule has 4 nitrogen and oxygen atoms in total. The van der Waals surface area contributed by atoms with E-state index >= 15 is 0 Å². The summed E-state index contributed by atoms with van der Waals surface area (Å²) in [5, 5.41) is 11.1. The predicted octanol–water partition coefficient (Wildman–Crippen LogP) is 1.66. The first-order valence-electron chi connectivity index (χ1n) is 4.37. The van der Waals surface area contributed by atoms with E-state index in [-0.39, 0.29) is 5.57 Å². The Morgan fingerprint density at radius 2 is 1.87 bits per heavy atom. The molecule has 0 fully saturated rings. The number of para-hydroxylation sites is 1. The van der Waals surface area contributed by atoms with Crippen LogP contribution in [0.3, 0.4) is 0 Å². The summed E-state index contributed by atoms with van der Waals surface area (Å²) in [6.45, 7) is 1.37. The Kier molecular flexibility index (Phi) is 3.62. The summed E-state index contributed by atoms with van der Waals surface area (Å²) in [7, 11) is 0. The maximum absolute atomic E-state index is 11.3. The van der Waals surface area contributed by atoms with Gasteiger partial charge in [-0.15, -0.1) is 0 Å². The molecule has 1 amide bonds. The van der Waals surface area contributed by atoms with Crippen LogP contribution in [0.2, 0.25) is 0 Å². The van der Waals surface area contributed by atoms with Crippen molar-refractivity contribution in [1.82, 2.24) is 0 Å². The molecule has 0 saturated heterocycles. The molecular weight excluding hydrogens is 194 g/mol. The van der Waals surface area contributed by atoms with E-state index in [1.165, 1.54) is 6.92 Å². The first kappa shape index (κ1) is 11.0. The molecule has 0 spiro atoms. The first-order chi connectivity index (χ1) is 7.09. The topological polar surface area (TPSA) is 66.4 Å². The molecule has 1 aromatic rings. The summed E-state index contributed by atoms with van der Waals surface area (Å²) >= 11 is 0. The molecule has 4 heteroatoms.